The van der Waals surface area contributed by atoms with Gasteiger partial charge in [-0.1, -0.05) is 0 Å². The molecule has 0 aromatic carbocycles. The van der Waals surface area contributed by atoms with Gasteiger partial charge in [0.15, 0.2) is 0 Å². The minimum Gasteiger partial charge on any atom is -0.325 e. The van der Waals surface area contributed by atoms with Gasteiger partial charge in [-0.2, -0.15) is 0 Å². The number of hydrogen-bond donors (Lipinski definition) is 2. The monoisotopic (exact) mass is 235 g/mol. The summed E-state index contributed by atoms with van der Waals surface area (Å²) >= 11 is 1.21. The molecule has 1 aromatic heterocycles. The van der Waals surface area contributed by atoms with Crippen LogP contribution in [-0.2, 0) is 16.6 Å². The van der Waals surface area contributed by atoms with Gasteiger partial charge in [0.25, 0.3) is 5.91 Å². The molecular weight excluding hydrogens is 226 g/mol. The first-order valence-corrected chi connectivity index (χ1v) is 6.36. The van der Waals surface area contributed by atoms with Crippen molar-refractivity contribution >= 4 is 27.3 Å². The molecule has 0 spiro atoms. The van der Waals surface area contributed by atoms with Crippen molar-refractivity contribution in [2.45, 2.75) is 6.54 Å². The molecule has 0 saturated carbocycles. The molecule has 0 atom stereocenters. The van der Waals surface area contributed by atoms with Crippen molar-refractivity contribution in [3.8, 4) is 0 Å². The Balaban J connectivity index is 2.80. The van der Waals surface area contributed by atoms with Crippen LogP contribution in [0.2, 0.25) is 0 Å². The van der Waals surface area contributed by atoms with Gasteiger partial charge in [-0.05, 0) is 0 Å². The zero-order valence-electron chi connectivity index (χ0n) is 7.35. The topological polar surface area (TPSA) is 102 Å². The number of carbonyl (C=O) groups excluding carboxylic acids is 1. The van der Waals surface area contributed by atoms with E-state index in [1.54, 1.807) is 0 Å². The Labute approximate surface area is 85.2 Å². The van der Waals surface area contributed by atoms with E-state index in [1.165, 1.54) is 16.7 Å². The fraction of sp³-hybridized carbons (Fsp3) is 0.333. The van der Waals surface area contributed by atoms with Crippen LogP contribution < -0.4 is 10.5 Å². The highest BCUT2D eigenvalue weighted by molar-refractivity contribution is 7.89. The molecule has 78 valence electrons. The summed E-state index contributed by atoms with van der Waals surface area (Å²) in [4.78, 5) is 15.0. The van der Waals surface area contributed by atoms with E-state index in [0.717, 1.165) is 6.26 Å². The number of amides is 1. The van der Waals surface area contributed by atoms with Crippen molar-refractivity contribution in [1.29, 1.82) is 0 Å². The van der Waals surface area contributed by atoms with Gasteiger partial charge in [0.1, 0.15) is 10.7 Å². The summed E-state index contributed by atoms with van der Waals surface area (Å²) in [5.74, 6) is -0.733. The molecule has 1 aromatic rings. The predicted molar refractivity (Wildman–Crippen MR) is 52.3 cm³/mol. The number of thiazole rings is 1. The molecule has 14 heavy (non-hydrogen) atoms. The van der Waals surface area contributed by atoms with E-state index in [-0.39, 0.29) is 12.2 Å². The summed E-state index contributed by atoms with van der Waals surface area (Å²) in [6.45, 7) is 0.233. The number of rotatable bonds is 3. The number of carbonyl (C=O) groups is 1. The lowest BCUT2D eigenvalue weighted by atomic mass is 10.5. The number of nitrogens with zero attached hydrogens (tertiary/aromatic N) is 1. The Bertz CT molecular complexity index is 437. The van der Waals surface area contributed by atoms with E-state index < -0.39 is 15.9 Å². The summed E-state index contributed by atoms with van der Waals surface area (Å²) in [5, 5.41) is 2.05. The summed E-state index contributed by atoms with van der Waals surface area (Å²) in [6, 6.07) is 0. The van der Waals surface area contributed by atoms with E-state index in [4.69, 9.17) is 5.73 Å². The van der Waals surface area contributed by atoms with Crippen molar-refractivity contribution in [1.82, 2.24) is 9.71 Å². The van der Waals surface area contributed by atoms with Crippen LogP contribution in [-0.4, -0.2) is 25.6 Å². The Hall–Kier alpha value is -0.990. The van der Waals surface area contributed by atoms with Crippen LogP contribution in [0.1, 0.15) is 15.5 Å². The largest absolute Gasteiger partial charge is 0.325 e. The third-order valence-corrected chi connectivity index (χ3v) is 2.66. The molecule has 3 N–H and O–H groups in total. The van der Waals surface area contributed by atoms with Gasteiger partial charge in [-0.15, -0.1) is 11.3 Å². The number of nitrogens with two attached hydrogens (primary N) is 1. The number of nitrogens with one attached hydrogen (secondary N) is 1. The van der Waals surface area contributed by atoms with E-state index >= 15 is 0 Å². The summed E-state index contributed by atoms with van der Waals surface area (Å²) in [5.41, 5.74) is 5.36. The average Bonchev–Trinajstić information content (AvgIpc) is 2.48. The highest BCUT2D eigenvalue weighted by Gasteiger charge is 2.13. The molecule has 0 aliphatic heterocycles. The summed E-state index contributed by atoms with van der Waals surface area (Å²) < 4.78 is 23.2. The van der Waals surface area contributed by atoms with Crippen LogP contribution >= 0.6 is 11.3 Å². The van der Waals surface area contributed by atoms with Crippen molar-refractivity contribution in [3.63, 3.8) is 0 Å². The van der Waals surface area contributed by atoms with Gasteiger partial charge in [0.05, 0.1) is 6.26 Å². The average molecular weight is 235 g/mol. The number of hydrogen-bond acceptors (Lipinski definition) is 6. The smallest absolute Gasteiger partial charge is 0.284 e. The van der Waals surface area contributed by atoms with Crippen LogP contribution in [0, 0.1) is 0 Å². The standard InChI is InChI=1S/C6H9N3O3S2/c1-14(11,12)9-6(10)4-3-13-5(2-7)8-4/h3H,2,7H2,1H3,(H,9,10). The van der Waals surface area contributed by atoms with Crippen molar-refractivity contribution < 1.29 is 13.2 Å². The minimum atomic E-state index is -3.54. The number of aromatic nitrogens is 1. The quantitative estimate of drug-likeness (QED) is 0.720. The molecule has 0 aliphatic carbocycles. The summed E-state index contributed by atoms with van der Waals surface area (Å²) in [6.07, 6.45) is 0.904. The highest BCUT2D eigenvalue weighted by Crippen LogP contribution is 2.08. The Morgan fingerprint density at radius 3 is 2.79 bits per heavy atom. The molecule has 0 fully saturated rings. The van der Waals surface area contributed by atoms with Crippen molar-refractivity contribution in [3.05, 3.63) is 16.1 Å². The zero-order valence-corrected chi connectivity index (χ0v) is 8.98. The van der Waals surface area contributed by atoms with Gasteiger partial charge < -0.3 is 5.73 Å². The molecule has 1 amide bonds. The van der Waals surface area contributed by atoms with Gasteiger partial charge in [0.2, 0.25) is 10.0 Å². The lowest BCUT2D eigenvalue weighted by Gasteiger charge is -1.97. The van der Waals surface area contributed by atoms with Gasteiger partial charge >= 0.3 is 0 Å². The second-order valence-corrected chi connectivity index (χ2v) is 5.23. The fourth-order valence-corrected chi connectivity index (χ4v) is 1.83. The normalized spacial score (nSPS) is 11.3. The van der Waals surface area contributed by atoms with E-state index in [9.17, 15) is 13.2 Å². The Morgan fingerprint density at radius 1 is 1.71 bits per heavy atom. The van der Waals surface area contributed by atoms with Crippen LogP contribution in [0.5, 0.6) is 0 Å². The maximum atomic E-state index is 11.2. The van der Waals surface area contributed by atoms with Gasteiger partial charge in [0, 0.05) is 11.9 Å². The van der Waals surface area contributed by atoms with E-state index in [1.807, 2.05) is 4.72 Å². The van der Waals surface area contributed by atoms with E-state index in [0.29, 0.717) is 5.01 Å². The molecular formula is C6H9N3O3S2. The lowest BCUT2D eigenvalue weighted by Crippen LogP contribution is -2.29. The third kappa shape index (κ3) is 3.05. The van der Waals surface area contributed by atoms with Crippen LogP contribution in [0.15, 0.2) is 5.38 Å². The van der Waals surface area contributed by atoms with Gasteiger partial charge in [-0.25, -0.2) is 18.1 Å². The minimum absolute atomic E-state index is 0.0703. The Kier molecular flexibility index (Phi) is 3.19. The van der Waals surface area contributed by atoms with E-state index in [2.05, 4.69) is 4.98 Å². The SMILES string of the molecule is CS(=O)(=O)NC(=O)c1csc(CN)n1. The predicted octanol–water partition coefficient (Wildman–Crippen LogP) is -0.709. The first-order valence-electron chi connectivity index (χ1n) is 3.59. The van der Waals surface area contributed by atoms with Gasteiger partial charge in [-0.3, -0.25) is 4.79 Å². The molecule has 0 unspecified atom stereocenters. The second kappa shape index (κ2) is 4.03. The Morgan fingerprint density at radius 2 is 2.36 bits per heavy atom. The zero-order chi connectivity index (χ0) is 10.8. The van der Waals surface area contributed by atoms with Crippen molar-refractivity contribution in [2.24, 2.45) is 5.73 Å². The molecule has 1 rings (SSSR count). The van der Waals surface area contributed by atoms with Crippen molar-refractivity contribution in [2.75, 3.05) is 6.26 Å². The first kappa shape index (κ1) is 11.1. The highest BCUT2D eigenvalue weighted by atomic mass is 32.2. The molecule has 1 heterocycles. The first-order chi connectivity index (χ1) is 6.42. The number of sulfonamides is 1. The maximum absolute atomic E-state index is 11.2. The molecule has 0 radical (unpaired) electrons. The molecule has 8 heteroatoms. The lowest BCUT2D eigenvalue weighted by molar-refractivity contribution is 0.0977. The molecule has 0 aliphatic rings. The van der Waals surface area contributed by atoms with Crippen LogP contribution in [0.4, 0.5) is 0 Å². The molecule has 0 saturated heterocycles. The third-order valence-electron chi connectivity index (χ3n) is 1.24. The maximum Gasteiger partial charge on any atom is 0.284 e. The second-order valence-electron chi connectivity index (χ2n) is 2.53. The van der Waals surface area contributed by atoms with Crippen LogP contribution in [0.3, 0.4) is 0 Å². The molecule has 6 nitrogen and oxygen atoms in total. The summed E-state index contributed by atoms with van der Waals surface area (Å²) in [7, 11) is -3.54. The van der Waals surface area contributed by atoms with Crippen LogP contribution in [0.25, 0.3) is 0 Å². The fourth-order valence-electron chi connectivity index (χ4n) is 0.730. The molecule has 0 bridgehead atoms.